The highest BCUT2D eigenvalue weighted by molar-refractivity contribution is 7.80. The number of primary amides is 2. The quantitative estimate of drug-likeness (QED) is 0.0186. The molecule has 4 unspecified atom stereocenters. The van der Waals surface area contributed by atoms with E-state index in [0.717, 1.165) is 0 Å². The lowest BCUT2D eigenvalue weighted by molar-refractivity contribution is -0.129. The summed E-state index contributed by atoms with van der Waals surface area (Å²) in [6.07, 6.45) is 4.23. The van der Waals surface area contributed by atoms with Crippen LogP contribution in [0.3, 0.4) is 0 Å². The zero-order valence-electron chi connectivity index (χ0n) is 52.5. The van der Waals surface area contributed by atoms with E-state index in [0.29, 0.717) is 102 Å². The summed E-state index contributed by atoms with van der Waals surface area (Å²) in [6, 6.07) is 8.95. The van der Waals surface area contributed by atoms with Gasteiger partial charge < -0.3 is 91.2 Å². The van der Waals surface area contributed by atoms with E-state index in [1.165, 1.54) is 24.3 Å². The Hall–Kier alpha value is -6.80. The number of rotatable bonds is 51. The van der Waals surface area contributed by atoms with Crippen LogP contribution in [0.15, 0.2) is 48.5 Å². The molecule has 0 radical (unpaired) electrons. The van der Waals surface area contributed by atoms with Gasteiger partial charge in [-0.25, -0.2) is 0 Å². The van der Waals surface area contributed by atoms with E-state index in [4.69, 9.17) is 17.2 Å². The van der Waals surface area contributed by atoms with Gasteiger partial charge in [0.25, 0.3) is 0 Å². The number of thiol groups is 2. The third kappa shape index (κ3) is 33.9. The number of aromatic hydroxyl groups is 2. The molecule has 0 aliphatic heterocycles. The minimum Gasteiger partial charge on any atom is -0.508 e. The third-order valence-corrected chi connectivity index (χ3v) is 15.1. The van der Waals surface area contributed by atoms with Gasteiger partial charge in [-0.3, -0.25) is 53.3 Å². The van der Waals surface area contributed by atoms with E-state index < -0.39 is 70.8 Å². The molecule has 506 valence electrons. The standard InChI is InChI=1S/C60H102N16O12S2/c1-4-65-37-59(36-61,75-53(83)18-12-16-51(81)71-45(32-41-20-24-43(77)25-21-41)57(87)68-28-10-6-8-14-49(79)73-47(34-89)55(62)85)38-66-30-31-67-40-60(39-64-3,70-5-2)76-54(84)19-13-17-52(82)72-46(33-42-22-26-44(78)27-23-42)58(88)69-29-11-7-9-15-50(80)74-48(35-90)56(63)86/h20-27,45-48,64-67,70,77-78,89-90H,4-19,28-40,61H2,1-3H3,(H2,62,85)(H2,63,86)(H,68,87)(H,69,88)(H,71,81)(H,72,82)(H,73,79)(H,74,80)(H,75,83)(H,76,84)/t45?,46?,47?,48?,59-,60+/m1/s1. The van der Waals surface area contributed by atoms with Gasteiger partial charge in [-0.15, -0.1) is 0 Å². The van der Waals surface area contributed by atoms with E-state index in [1.807, 2.05) is 13.8 Å². The van der Waals surface area contributed by atoms with Gasteiger partial charge in [-0.1, -0.05) is 51.0 Å². The third-order valence-electron chi connectivity index (χ3n) is 14.4. The van der Waals surface area contributed by atoms with E-state index in [2.05, 4.69) is 94.4 Å². The number of nitrogens with two attached hydrogens (primary N) is 3. The van der Waals surface area contributed by atoms with Gasteiger partial charge in [-0.2, -0.15) is 25.3 Å². The molecule has 2 aromatic carbocycles. The van der Waals surface area contributed by atoms with Crippen molar-refractivity contribution in [3.05, 3.63) is 59.7 Å². The smallest absolute Gasteiger partial charge is 0.242 e. The van der Waals surface area contributed by atoms with Crippen molar-refractivity contribution in [2.75, 3.05) is 90.5 Å². The lowest BCUT2D eigenvalue weighted by Crippen LogP contribution is -2.68. The number of hydrogen-bond acceptors (Lipinski definition) is 20. The number of hydrogen-bond donors (Lipinski definition) is 20. The number of carbonyl (C=O) groups is 10. The first-order chi connectivity index (χ1) is 43.1. The van der Waals surface area contributed by atoms with Gasteiger partial charge >= 0.3 is 0 Å². The van der Waals surface area contributed by atoms with Crippen molar-refractivity contribution < 1.29 is 58.2 Å². The number of amides is 10. The van der Waals surface area contributed by atoms with E-state index >= 15 is 0 Å². The fourth-order valence-electron chi connectivity index (χ4n) is 9.46. The second-order valence-corrected chi connectivity index (χ2v) is 22.9. The average molecular weight is 1300 g/mol. The molecule has 90 heavy (non-hydrogen) atoms. The molecule has 0 saturated carbocycles. The van der Waals surface area contributed by atoms with E-state index in [9.17, 15) is 58.2 Å². The molecule has 2 rings (SSSR count). The summed E-state index contributed by atoms with van der Waals surface area (Å²) in [6.45, 7) is 7.84. The Morgan fingerprint density at radius 2 is 0.856 bits per heavy atom. The lowest BCUT2D eigenvalue weighted by Gasteiger charge is -2.36. The summed E-state index contributed by atoms with van der Waals surface area (Å²) < 4.78 is 0. The Morgan fingerprint density at radius 3 is 1.24 bits per heavy atom. The number of carbonyl (C=O) groups excluding carboxylic acids is 10. The normalized spacial score (nSPS) is 13.8. The zero-order chi connectivity index (χ0) is 66.7. The van der Waals surface area contributed by atoms with Crippen molar-refractivity contribution >= 4 is 84.3 Å². The fraction of sp³-hybridized carbons (Fsp3) is 0.633. The van der Waals surface area contributed by atoms with Crippen LogP contribution in [0, 0.1) is 0 Å². The van der Waals surface area contributed by atoms with Crippen LogP contribution in [0.2, 0.25) is 0 Å². The van der Waals surface area contributed by atoms with Crippen molar-refractivity contribution in [2.24, 2.45) is 17.2 Å². The molecular formula is C60H102N16O12S2. The summed E-state index contributed by atoms with van der Waals surface area (Å²) in [4.78, 5) is 128. The number of unbranched alkanes of at least 4 members (excludes halogenated alkanes) is 4. The van der Waals surface area contributed by atoms with Gasteiger partial charge in [0.05, 0.1) is 5.54 Å². The fourth-order valence-corrected chi connectivity index (χ4v) is 10.0. The number of likely N-dealkylation sites (N-methyl/N-ethyl adjacent to an activating group) is 3. The minimum absolute atomic E-state index is 0.000909. The molecule has 2 aromatic rings. The van der Waals surface area contributed by atoms with Gasteiger partial charge in [-0.05, 0) is 94.1 Å². The molecule has 0 aromatic heterocycles. The number of phenolic OH excluding ortho intramolecular Hbond substituents is 2. The monoisotopic (exact) mass is 1300 g/mol. The topological polar surface area (TPSA) is 446 Å². The highest BCUT2D eigenvalue weighted by atomic mass is 32.1. The SMILES string of the molecule is CCNC[C@](CN)(CNCCNC[C@@](CNC)(NCC)NC(=O)CCCC(=O)NC(Cc1ccc(O)cc1)C(=O)NCCCCCC(=O)NC(CS)C(N)=O)NC(=O)CCCC(=O)NC(Cc1ccc(O)cc1)C(=O)NCCCCCC(=O)NC(CS)C(N)=O. The Balaban J connectivity index is 1.91. The predicted octanol–water partition coefficient (Wildman–Crippen LogP) is -2.41. The molecule has 0 bridgehead atoms. The van der Waals surface area contributed by atoms with E-state index in [1.54, 1.807) is 31.3 Å². The number of phenols is 2. The molecule has 0 aliphatic carbocycles. The molecule has 0 aliphatic rings. The second-order valence-electron chi connectivity index (χ2n) is 22.2. The maximum absolute atomic E-state index is 13.5. The Bertz CT molecular complexity index is 2520. The van der Waals surface area contributed by atoms with Crippen molar-refractivity contribution in [1.82, 2.24) is 69.1 Å². The molecule has 21 N–H and O–H groups in total. The molecule has 0 spiro atoms. The molecule has 0 heterocycles. The highest BCUT2D eigenvalue weighted by Gasteiger charge is 2.32. The van der Waals surface area contributed by atoms with Gasteiger partial charge in [0.1, 0.15) is 41.3 Å². The van der Waals surface area contributed by atoms with Gasteiger partial charge in [0, 0.05) is 122 Å². The van der Waals surface area contributed by atoms with Gasteiger partial charge in [0.15, 0.2) is 0 Å². The first-order valence-corrected chi connectivity index (χ1v) is 32.3. The molecule has 10 amide bonds. The van der Waals surface area contributed by atoms with Crippen LogP contribution in [0.4, 0.5) is 0 Å². The first-order valence-electron chi connectivity index (χ1n) is 31.0. The van der Waals surface area contributed by atoms with Crippen LogP contribution in [0.5, 0.6) is 11.5 Å². The van der Waals surface area contributed by atoms with Crippen LogP contribution < -0.4 is 86.3 Å². The van der Waals surface area contributed by atoms with Crippen molar-refractivity contribution in [1.29, 1.82) is 0 Å². The number of nitrogens with one attached hydrogen (secondary N) is 13. The Morgan fingerprint density at radius 1 is 0.467 bits per heavy atom. The van der Waals surface area contributed by atoms with Crippen LogP contribution >= 0.6 is 25.3 Å². The predicted molar refractivity (Wildman–Crippen MR) is 351 cm³/mol. The summed E-state index contributed by atoms with van der Waals surface area (Å²) in [5.41, 5.74) is 16.4. The van der Waals surface area contributed by atoms with Crippen LogP contribution in [-0.2, 0) is 60.8 Å². The van der Waals surface area contributed by atoms with Crippen molar-refractivity contribution in [3.63, 3.8) is 0 Å². The highest BCUT2D eigenvalue weighted by Crippen LogP contribution is 2.15. The molecule has 30 heteroatoms. The Kier molecular flexibility index (Phi) is 40.0. The summed E-state index contributed by atoms with van der Waals surface area (Å²) in [5, 5.41) is 58.8. The summed E-state index contributed by atoms with van der Waals surface area (Å²) in [7, 11) is 1.76. The Labute approximate surface area is 540 Å². The first kappa shape index (κ1) is 79.3. The average Bonchev–Trinajstić information content (AvgIpc) is 3.55. The maximum atomic E-state index is 13.5. The van der Waals surface area contributed by atoms with Gasteiger partial charge in [0.2, 0.25) is 59.1 Å². The van der Waals surface area contributed by atoms with Crippen LogP contribution in [0.1, 0.15) is 115 Å². The van der Waals surface area contributed by atoms with Crippen LogP contribution in [0.25, 0.3) is 0 Å². The zero-order valence-corrected chi connectivity index (χ0v) is 54.3. The minimum atomic E-state index is -0.955. The second kappa shape index (κ2) is 45.5. The number of benzene rings is 2. The lowest BCUT2D eigenvalue weighted by atomic mass is 9.98. The van der Waals surface area contributed by atoms with E-state index in [-0.39, 0.29) is 130 Å². The molecule has 6 atom stereocenters. The summed E-state index contributed by atoms with van der Waals surface area (Å²) in [5.74, 6) is -4.05. The van der Waals surface area contributed by atoms with Crippen molar-refractivity contribution in [3.8, 4) is 11.5 Å². The largest absolute Gasteiger partial charge is 0.508 e. The molecule has 0 saturated heterocycles. The van der Waals surface area contributed by atoms with Crippen LogP contribution in [-0.4, -0.2) is 195 Å². The maximum Gasteiger partial charge on any atom is 0.242 e. The molecule has 0 fully saturated rings. The van der Waals surface area contributed by atoms with Crippen molar-refractivity contribution in [2.45, 2.75) is 152 Å². The molecule has 28 nitrogen and oxygen atoms in total. The molecular weight excluding hydrogens is 1200 g/mol. The summed E-state index contributed by atoms with van der Waals surface area (Å²) >= 11 is 8.06.